The molecule has 23 heavy (non-hydrogen) atoms. The van der Waals surface area contributed by atoms with Crippen LogP contribution in [0.3, 0.4) is 0 Å². The molecule has 0 bridgehead atoms. The van der Waals surface area contributed by atoms with Crippen molar-refractivity contribution in [3.8, 4) is 0 Å². The Morgan fingerprint density at radius 1 is 1.17 bits per heavy atom. The van der Waals surface area contributed by atoms with Gasteiger partial charge in [-0.3, -0.25) is 4.68 Å². The molecule has 0 unspecified atom stereocenters. The summed E-state index contributed by atoms with van der Waals surface area (Å²) in [5.74, 6) is 0. The monoisotopic (exact) mass is 329 g/mol. The van der Waals surface area contributed by atoms with Gasteiger partial charge in [0.05, 0.1) is 18.8 Å². The van der Waals surface area contributed by atoms with Gasteiger partial charge in [0, 0.05) is 17.8 Å². The van der Waals surface area contributed by atoms with Gasteiger partial charge in [-0.25, -0.2) is 0 Å². The van der Waals surface area contributed by atoms with Crippen molar-refractivity contribution >= 4 is 16.5 Å². The van der Waals surface area contributed by atoms with Crippen LogP contribution in [0.1, 0.15) is 27.5 Å². The second kappa shape index (κ2) is 6.89. The topological polar surface area (TPSA) is 75.9 Å². The molecule has 3 rings (SSSR count). The van der Waals surface area contributed by atoms with Crippen LogP contribution in [0.4, 0.5) is 5.13 Å². The van der Waals surface area contributed by atoms with Crippen LogP contribution in [0.15, 0.2) is 30.3 Å². The van der Waals surface area contributed by atoms with E-state index in [1.54, 1.807) is 0 Å². The normalized spacial score (nSPS) is 10.9. The van der Waals surface area contributed by atoms with E-state index in [9.17, 15) is 0 Å². The number of benzene rings is 1. The van der Waals surface area contributed by atoms with Crippen molar-refractivity contribution in [3.63, 3.8) is 0 Å². The van der Waals surface area contributed by atoms with Crippen molar-refractivity contribution in [1.82, 2.24) is 20.0 Å². The highest BCUT2D eigenvalue weighted by molar-refractivity contribution is 7.15. The first kappa shape index (κ1) is 15.6. The van der Waals surface area contributed by atoms with Crippen molar-refractivity contribution in [2.24, 2.45) is 0 Å². The van der Waals surface area contributed by atoms with E-state index in [4.69, 9.17) is 5.11 Å². The second-order valence-electron chi connectivity index (χ2n) is 5.31. The summed E-state index contributed by atoms with van der Waals surface area (Å²) in [6.45, 7) is 5.43. The molecular formula is C16H19N5OS. The first-order chi connectivity index (χ1) is 11.2. The number of aliphatic hydroxyl groups is 1. The van der Waals surface area contributed by atoms with Crippen molar-refractivity contribution in [2.45, 2.75) is 33.5 Å². The lowest BCUT2D eigenvalue weighted by atomic mass is 10.2. The number of rotatable bonds is 6. The number of hydrogen-bond acceptors (Lipinski definition) is 6. The molecule has 0 fully saturated rings. The number of anilines is 1. The summed E-state index contributed by atoms with van der Waals surface area (Å²) < 4.78 is 2.03. The number of hydrogen-bond donors (Lipinski definition) is 2. The van der Waals surface area contributed by atoms with Gasteiger partial charge in [0.2, 0.25) is 5.13 Å². The predicted octanol–water partition coefficient (Wildman–Crippen LogP) is 2.50. The Kier molecular flexibility index (Phi) is 4.68. The third-order valence-electron chi connectivity index (χ3n) is 3.73. The average Bonchev–Trinajstić information content (AvgIpc) is 3.12. The van der Waals surface area contributed by atoms with Crippen molar-refractivity contribution in [2.75, 3.05) is 5.32 Å². The Labute approximate surface area is 138 Å². The van der Waals surface area contributed by atoms with Gasteiger partial charge in [-0.1, -0.05) is 41.7 Å². The van der Waals surface area contributed by atoms with Crippen molar-refractivity contribution < 1.29 is 5.11 Å². The maximum atomic E-state index is 9.03. The molecule has 2 aromatic heterocycles. The molecule has 2 N–H and O–H groups in total. The van der Waals surface area contributed by atoms with E-state index in [1.807, 2.05) is 29.8 Å². The number of nitrogens with zero attached hydrogens (tertiary/aromatic N) is 4. The molecule has 1 aromatic carbocycles. The number of aryl methyl sites for hydroxylation is 1. The second-order valence-corrected chi connectivity index (χ2v) is 6.37. The highest BCUT2D eigenvalue weighted by atomic mass is 32.1. The summed E-state index contributed by atoms with van der Waals surface area (Å²) >= 11 is 1.36. The zero-order valence-corrected chi connectivity index (χ0v) is 14.0. The molecule has 7 heteroatoms. The van der Waals surface area contributed by atoms with Gasteiger partial charge in [0.1, 0.15) is 5.01 Å². The molecule has 0 spiro atoms. The molecule has 3 aromatic rings. The molecule has 0 aliphatic rings. The zero-order chi connectivity index (χ0) is 16.2. The molecule has 6 nitrogen and oxygen atoms in total. The van der Waals surface area contributed by atoms with Crippen molar-refractivity contribution in [3.05, 3.63) is 57.9 Å². The van der Waals surface area contributed by atoms with Crippen LogP contribution in [0.5, 0.6) is 0 Å². The summed E-state index contributed by atoms with van der Waals surface area (Å²) in [5, 5.41) is 26.2. The van der Waals surface area contributed by atoms with Crippen molar-refractivity contribution in [1.29, 1.82) is 0 Å². The summed E-state index contributed by atoms with van der Waals surface area (Å²) in [4.78, 5) is 0. The Hall–Kier alpha value is -2.25. The minimum absolute atomic E-state index is 0.0770. The van der Waals surface area contributed by atoms with Crippen LogP contribution in [-0.2, 0) is 19.7 Å². The van der Waals surface area contributed by atoms with Crippen LogP contribution < -0.4 is 5.32 Å². The van der Waals surface area contributed by atoms with Gasteiger partial charge >= 0.3 is 0 Å². The fourth-order valence-corrected chi connectivity index (χ4v) is 3.05. The van der Waals surface area contributed by atoms with E-state index in [1.165, 1.54) is 22.5 Å². The standard InChI is InChI=1S/C16H19N5OS/c1-11-14(8-17-16-19-18-15(10-22)23-16)12(2)21(20-11)9-13-6-4-3-5-7-13/h3-7,22H,8-10H2,1-2H3,(H,17,19). The molecular weight excluding hydrogens is 310 g/mol. The SMILES string of the molecule is Cc1nn(Cc2ccccc2)c(C)c1CNc1nnc(CO)s1. The molecule has 0 saturated heterocycles. The Balaban J connectivity index is 1.72. The predicted molar refractivity (Wildman–Crippen MR) is 90.4 cm³/mol. The first-order valence-corrected chi connectivity index (χ1v) is 8.23. The number of aliphatic hydroxyl groups excluding tert-OH is 1. The Morgan fingerprint density at radius 2 is 1.96 bits per heavy atom. The van der Waals surface area contributed by atoms with E-state index in [0.29, 0.717) is 16.7 Å². The third-order valence-corrected chi connectivity index (χ3v) is 4.59. The minimum Gasteiger partial charge on any atom is -0.389 e. The van der Waals surface area contributed by atoms with Gasteiger partial charge in [-0.15, -0.1) is 10.2 Å². The third kappa shape index (κ3) is 3.57. The molecule has 0 radical (unpaired) electrons. The quantitative estimate of drug-likeness (QED) is 0.727. The smallest absolute Gasteiger partial charge is 0.206 e. The summed E-state index contributed by atoms with van der Waals surface area (Å²) in [5.41, 5.74) is 4.56. The van der Waals surface area contributed by atoms with Crippen LogP contribution in [0.2, 0.25) is 0 Å². The van der Waals surface area contributed by atoms with E-state index in [0.717, 1.165) is 17.9 Å². The molecule has 120 valence electrons. The highest BCUT2D eigenvalue weighted by Gasteiger charge is 2.12. The van der Waals surface area contributed by atoms with Crippen LogP contribution >= 0.6 is 11.3 Å². The lowest BCUT2D eigenvalue weighted by Gasteiger charge is -2.06. The number of nitrogens with one attached hydrogen (secondary N) is 1. The van der Waals surface area contributed by atoms with Crippen LogP contribution in [0.25, 0.3) is 0 Å². The summed E-state index contributed by atoms with van der Waals surface area (Å²) in [7, 11) is 0. The summed E-state index contributed by atoms with van der Waals surface area (Å²) in [6, 6.07) is 10.3. The van der Waals surface area contributed by atoms with Gasteiger partial charge in [0.15, 0.2) is 0 Å². The zero-order valence-electron chi connectivity index (χ0n) is 13.2. The van der Waals surface area contributed by atoms with E-state index in [-0.39, 0.29) is 6.61 Å². The maximum Gasteiger partial charge on any atom is 0.206 e. The molecule has 0 atom stereocenters. The fourth-order valence-electron chi connectivity index (χ4n) is 2.45. The van der Waals surface area contributed by atoms with E-state index < -0.39 is 0 Å². The lowest BCUT2D eigenvalue weighted by molar-refractivity contribution is 0.280. The molecule has 0 amide bonds. The fraction of sp³-hybridized carbons (Fsp3) is 0.312. The Morgan fingerprint density at radius 3 is 2.65 bits per heavy atom. The molecule has 0 aliphatic heterocycles. The molecule has 0 aliphatic carbocycles. The van der Waals surface area contributed by atoms with E-state index in [2.05, 4.69) is 39.7 Å². The largest absolute Gasteiger partial charge is 0.389 e. The van der Waals surface area contributed by atoms with Gasteiger partial charge in [0.25, 0.3) is 0 Å². The highest BCUT2D eigenvalue weighted by Crippen LogP contribution is 2.19. The van der Waals surface area contributed by atoms with Crippen LogP contribution in [-0.4, -0.2) is 25.1 Å². The van der Waals surface area contributed by atoms with E-state index >= 15 is 0 Å². The summed E-state index contributed by atoms with van der Waals surface area (Å²) in [6.07, 6.45) is 0. The average molecular weight is 329 g/mol. The number of aromatic nitrogens is 4. The van der Waals surface area contributed by atoms with Gasteiger partial charge in [-0.05, 0) is 19.4 Å². The lowest BCUT2D eigenvalue weighted by Crippen LogP contribution is -2.05. The minimum atomic E-state index is -0.0770. The molecule has 0 saturated carbocycles. The Bertz CT molecular complexity index is 781. The van der Waals surface area contributed by atoms with Gasteiger partial charge in [-0.2, -0.15) is 5.10 Å². The first-order valence-electron chi connectivity index (χ1n) is 7.41. The maximum absolute atomic E-state index is 9.03. The van der Waals surface area contributed by atoms with Gasteiger partial charge < -0.3 is 10.4 Å². The molecule has 2 heterocycles. The van der Waals surface area contributed by atoms with Crippen LogP contribution in [0, 0.1) is 13.8 Å².